The van der Waals surface area contributed by atoms with E-state index in [-0.39, 0.29) is 11.9 Å². The Bertz CT molecular complexity index is 893. The molecule has 6 nitrogen and oxygen atoms in total. The van der Waals surface area contributed by atoms with Crippen molar-refractivity contribution < 1.29 is 9.53 Å². The Morgan fingerprint density at radius 2 is 1.83 bits per heavy atom. The van der Waals surface area contributed by atoms with Crippen LogP contribution < -0.4 is 15.0 Å². The molecule has 2 aromatic rings. The number of benzene rings is 1. The first kappa shape index (κ1) is 20.9. The molecule has 1 saturated heterocycles. The SMILES string of the molecule is CC(C)(Oc1ccc(Cl)cc1)C(=O)NC1CCN(c2cc3c(nn2)CCCC3)CC1. The Hall–Kier alpha value is -2.34. The van der Waals surface area contributed by atoms with Crippen molar-refractivity contribution in [1.29, 1.82) is 0 Å². The predicted octanol–water partition coefficient (Wildman–Crippen LogP) is 3.95. The van der Waals surface area contributed by atoms with Crippen LogP contribution in [-0.4, -0.2) is 40.8 Å². The number of nitrogens with one attached hydrogen (secondary N) is 1. The minimum Gasteiger partial charge on any atom is -0.478 e. The first-order valence-electron chi connectivity index (χ1n) is 10.8. The van der Waals surface area contributed by atoms with Gasteiger partial charge in [0.15, 0.2) is 11.4 Å². The number of rotatable bonds is 5. The van der Waals surface area contributed by atoms with Crippen LogP contribution in [0.3, 0.4) is 0 Å². The highest BCUT2D eigenvalue weighted by Crippen LogP contribution is 2.25. The van der Waals surface area contributed by atoms with Crippen molar-refractivity contribution in [2.45, 2.75) is 64.0 Å². The van der Waals surface area contributed by atoms with Gasteiger partial charge in [-0.2, -0.15) is 5.10 Å². The highest BCUT2D eigenvalue weighted by atomic mass is 35.5. The molecule has 1 aliphatic carbocycles. The second-order valence-electron chi connectivity index (χ2n) is 8.68. The van der Waals surface area contributed by atoms with Crippen LogP contribution in [0.1, 0.15) is 50.8 Å². The summed E-state index contributed by atoms with van der Waals surface area (Å²) in [6.45, 7) is 5.29. The minimum atomic E-state index is -0.963. The van der Waals surface area contributed by atoms with E-state index in [1.54, 1.807) is 38.1 Å². The molecule has 1 amide bonds. The molecule has 0 radical (unpaired) electrons. The average molecular weight is 429 g/mol. The van der Waals surface area contributed by atoms with E-state index in [0.717, 1.165) is 50.3 Å². The summed E-state index contributed by atoms with van der Waals surface area (Å²) in [5.41, 5.74) is 1.55. The molecule has 1 aliphatic heterocycles. The van der Waals surface area contributed by atoms with Crippen molar-refractivity contribution in [3.8, 4) is 5.75 Å². The summed E-state index contributed by atoms with van der Waals surface area (Å²) in [4.78, 5) is 15.1. The number of halogens is 1. The van der Waals surface area contributed by atoms with Crippen LogP contribution in [0.4, 0.5) is 5.82 Å². The molecule has 2 heterocycles. The molecule has 0 saturated carbocycles. The van der Waals surface area contributed by atoms with Crippen molar-refractivity contribution in [3.63, 3.8) is 0 Å². The number of aryl methyl sites for hydroxylation is 2. The second kappa shape index (κ2) is 8.80. The average Bonchev–Trinajstić information content (AvgIpc) is 2.75. The largest absolute Gasteiger partial charge is 0.478 e. The van der Waals surface area contributed by atoms with Crippen LogP contribution in [-0.2, 0) is 17.6 Å². The second-order valence-corrected chi connectivity index (χ2v) is 9.12. The van der Waals surface area contributed by atoms with Gasteiger partial charge in [-0.3, -0.25) is 4.79 Å². The lowest BCUT2D eigenvalue weighted by Gasteiger charge is -2.35. The van der Waals surface area contributed by atoms with Gasteiger partial charge in [-0.1, -0.05) is 11.6 Å². The van der Waals surface area contributed by atoms with Gasteiger partial charge in [-0.15, -0.1) is 5.10 Å². The molecule has 1 fully saturated rings. The molecule has 30 heavy (non-hydrogen) atoms. The van der Waals surface area contributed by atoms with Gasteiger partial charge < -0.3 is 15.0 Å². The number of nitrogens with zero attached hydrogens (tertiary/aromatic N) is 3. The van der Waals surface area contributed by atoms with Crippen LogP contribution in [0.2, 0.25) is 5.02 Å². The van der Waals surface area contributed by atoms with Crippen LogP contribution in [0.25, 0.3) is 0 Å². The lowest BCUT2D eigenvalue weighted by molar-refractivity contribution is -0.135. The van der Waals surface area contributed by atoms with Gasteiger partial charge >= 0.3 is 0 Å². The summed E-state index contributed by atoms with van der Waals surface area (Å²) in [6.07, 6.45) is 6.35. The van der Waals surface area contributed by atoms with Gasteiger partial charge in [0.25, 0.3) is 5.91 Å². The molecular formula is C23H29ClN4O2. The normalized spacial score (nSPS) is 17.4. The molecule has 1 aromatic heterocycles. The number of ether oxygens (including phenoxy) is 1. The standard InChI is InChI=1S/C23H29ClN4O2/c1-23(2,30-19-9-7-17(24)8-10-19)22(29)25-18-11-13-28(14-12-18)21-15-16-5-3-4-6-20(16)26-27-21/h7-10,15,18H,3-6,11-14H2,1-2H3,(H,25,29). The van der Waals surface area contributed by atoms with E-state index in [2.05, 4.69) is 26.5 Å². The molecule has 0 bridgehead atoms. The van der Waals surface area contributed by atoms with E-state index in [1.165, 1.54) is 18.4 Å². The summed E-state index contributed by atoms with van der Waals surface area (Å²) < 4.78 is 5.90. The van der Waals surface area contributed by atoms with Gasteiger partial charge in [-0.05, 0) is 88.3 Å². The van der Waals surface area contributed by atoms with Crippen molar-refractivity contribution in [2.75, 3.05) is 18.0 Å². The molecule has 1 N–H and O–H groups in total. The van der Waals surface area contributed by atoms with Crippen molar-refractivity contribution >= 4 is 23.3 Å². The number of hydrogen-bond acceptors (Lipinski definition) is 5. The van der Waals surface area contributed by atoms with E-state index in [0.29, 0.717) is 10.8 Å². The lowest BCUT2D eigenvalue weighted by atomic mass is 9.96. The van der Waals surface area contributed by atoms with E-state index in [4.69, 9.17) is 16.3 Å². The number of anilines is 1. The van der Waals surface area contributed by atoms with Crippen LogP contribution in [0, 0.1) is 0 Å². The fourth-order valence-corrected chi connectivity index (χ4v) is 4.21. The number of aromatic nitrogens is 2. The summed E-state index contributed by atoms with van der Waals surface area (Å²) in [5, 5.41) is 12.7. The molecular weight excluding hydrogens is 400 g/mol. The minimum absolute atomic E-state index is 0.107. The van der Waals surface area contributed by atoms with Crippen molar-refractivity contribution in [3.05, 3.63) is 46.6 Å². The Labute approximate surface area is 183 Å². The first-order valence-corrected chi connectivity index (χ1v) is 11.1. The third kappa shape index (κ3) is 4.86. The van der Waals surface area contributed by atoms with Gasteiger partial charge in [0.05, 0.1) is 5.69 Å². The lowest BCUT2D eigenvalue weighted by Crippen LogP contribution is -2.52. The summed E-state index contributed by atoms with van der Waals surface area (Å²) >= 11 is 5.92. The zero-order chi connectivity index (χ0) is 21.1. The Morgan fingerprint density at radius 1 is 1.13 bits per heavy atom. The van der Waals surface area contributed by atoms with Crippen molar-refractivity contribution in [1.82, 2.24) is 15.5 Å². The number of carbonyl (C=O) groups is 1. The highest BCUT2D eigenvalue weighted by Gasteiger charge is 2.33. The topological polar surface area (TPSA) is 67.3 Å². The third-order valence-corrected chi connectivity index (χ3v) is 6.20. The zero-order valence-corrected chi connectivity index (χ0v) is 18.4. The Kier molecular flexibility index (Phi) is 6.14. The fourth-order valence-electron chi connectivity index (χ4n) is 4.09. The smallest absolute Gasteiger partial charge is 0.263 e. The maximum Gasteiger partial charge on any atom is 0.263 e. The van der Waals surface area contributed by atoms with Crippen LogP contribution in [0.15, 0.2) is 30.3 Å². The molecule has 7 heteroatoms. The van der Waals surface area contributed by atoms with E-state index in [9.17, 15) is 4.79 Å². The number of hydrogen-bond donors (Lipinski definition) is 1. The zero-order valence-electron chi connectivity index (χ0n) is 17.7. The van der Waals surface area contributed by atoms with E-state index in [1.807, 2.05) is 0 Å². The number of piperidine rings is 1. The van der Waals surface area contributed by atoms with Gasteiger partial charge in [0.2, 0.25) is 0 Å². The van der Waals surface area contributed by atoms with E-state index < -0.39 is 5.60 Å². The van der Waals surface area contributed by atoms with Crippen LogP contribution >= 0.6 is 11.6 Å². The van der Waals surface area contributed by atoms with Crippen molar-refractivity contribution in [2.24, 2.45) is 0 Å². The monoisotopic (exact) mass is 428 g/mol. The van der Waals surface area contributed by atoms with Gasteiger partial charge in [-0.25, -0.2) is 0 Å². The van der Waals surface area contributed by atoms with Gasteiger partial charge in [0.1, 0.15) is 5.75 Å². The molecule has 160 valence electrons. The molecule has 0 atom stereocenters. The Morgan fingerprint density at radius 3 is 2.57 bits per heavy atom. The first-order chi connectivity index (χ1) is 14.4. The fraction of sp³-hybridized carbons (Fsp3) is 0.522. The molecule has 4 rings (SSSR count). The summed E-state index contributed by atoms with van der Waals surface area (Å²) in [6, 6.07) is 9.40. The van der Waals surface area contributed by atoms with Gasteiger partial charge in [0, 0.05) is 24.2 Å². The maximum absolute atomic E-state index is 12.8. The number of carbonyl (C=O) groups excluding carboxylic acids is 1. The van der Waals surface area contributed by atoms with Crippen LogP contribution in [0.5, 0.6) is 5.75 Å². The quantitative estimate of drug-likeness (QED) is 0.780. The summed E-state index contributed by atoms with van der Waals surface area (Å²) in [7, 11) is 0. The number of amides is 1. The third-order valence-electron chi connectivity index (χ3n) is 5.94. The Balaban J connectivity index is 1.30. The molecule has 0 spiro atoms. The molecule has 0 unspecified atom stereocenters. The summed E-state index contributed by atoms with van der Waals surface area (Å²) in [5.74, 6) is 1.48. The highest BCUT2D eigenvalue weighted by molar-refractivity contribution is 6.30. The predicted molar refractivity (Wildman–Crippen MR) is 118 cm³/mol. The molecule has 2 aliphatic rings. The number of fused-ring (bicyclic) bond motifs is 1. The molecule has 1 aromatic carbocycles. The maximum atomic E-state index is 12.8. The van der Waals surface area contributed by atoms with E-state index >= 15 is 0 Å².